The highest BCUT2D eigenvalue weighted by molar-refractivity contribution is 4.89. The van der Waals surface area contributed by atoms with Crippen molar-refractivity contribution < 1.29 is 0 Å². The molecule has 0 aromatic heterocycles. The molecule has 0 saturated heterocycles. The van der Waals surface area contributed by atoms with Crippen molar-refractivity contribution in [2.45, 2.75) is 26.3 Å². The van der Waals surface area contributed by atoms with Gasteiger partial charge in [0.2, 0.25) is 0 Å². The molecule has 0 bridgehead atoms. The summed E-state index contributed by atoms with van der Waals surface area (Å²) in [5.74, 6) is 8.28. The average Bonchev–Trinajstić information content (AvgIpc) is 1.82. The van der Waals surface area contributed by atoms with Crippen LogP contribution in [0.15, 0.2) is 0 Å². The highest BCUT2D eigenvalue weighted by Crippen LogP contribution is 2.02. The molecule has 0 saturated carbocycles. The van der Waals surface area contributed by atoms with Crippen LogP contribution in [0.4, 0.5) is 0 Å². The summed E-state index contributed by atoms with van der Waals surface area (Å²) in [5, 5.41) is 0. The van der Waals surface area contributed by atoms with E-state index in [1.54, 1.807) is 0 Å². The third-order valence-electron chi connectivity index (χ3n) is 1.36. The highest BCUT2D eigenvalue weighted by atomic mass is 15.2. The Kier molecular flexibility index (Phi) is 4.12. The first kappa shape index (κ1) is 8.48. The van der Waals surface area contributed by atoms with Crippen LogP contribution >= 0.6 is 0 Å². The number of nitrogens with two attached hydrogens (primary N) is 1. The third kappa shape index (κ3) is 3.12. The predicted octanol–water partition coefficient (Wildman–Crippen LogP) is 0.498. The lowest BCUT2D eigenvalue weighted by molar-refractivity contribution is 0.414. The number of rotatable bonds is 3. The van der Waals surface area contributed by atoms with Crippen molar-refractivity contribution in [1.29, 1.82) is 0 Å². The molecule has 0 fully saturated rings. The predicted molar refractivity (Wildman–Crippen MR) is 39.4 cm³/mol. The minimum atomic E-state index is 0.259. The molecule has 0 rings (SSSR count). The van der Waals surface area contributed by atoms with Crippen molar-refractivity contribution in [3.05, 3.63) is 0 Å². The molecule has 0 aromatic carbocycles. The SMILES string of the molecule is C#CCC(NN)C(C)C. The summed E-state index contributed by atoms with van der Waals surface area (Å²) in [6.07, 6.45) is 5.80. The smallest absolute Gasteiger partial charge is 0.0342 e. The molecule has 3 N–H and O–H groups in total. The van der Waals surface area contributed by atoms with Gasteiger partial charge in [-0.1, -0.05) is 13.8 Å². The zero-order chi connectivity index (χ0) is 7.28. The Labute approximate surface area is 56.8 Å². The summed E-state index contributed by atoms with van der Waals surface area (Å²) in [5.41, 5.74) is 2.66. The molecule has 52 valence electrons. The van der Waals surface area contributed by atoms with E-state index in [1.165, 1.54) is 0 Å². The van der Waals surface area contributed by atoms with E-state index in [-0.39, 0.29) is 6.04 Å². The average molecular weight is 126 g/mol. The van der Waals surface area contributed by atoms with E-state index in [4.69, 9.17) is 12.3 Å². The van der Waals surface area contributed by atoms with Gasteiger partial charge >= 0.3 is 0 Å². The molecule has 0 radical (unpaired) electrons. The molecule has 9 heavy (non-hydrogen) atoms. The van der Waals surface area contributed by atoms with Gasteiger partial charge in [-0.2, -0.15) is 0 Å². The number of hydrogen-bond acceptors (Lipinski definition) is 2. The van der Waals surface area contributed by atoms with Crippen molar-refractivity contribution in [1.82, 2.24) is 5.43 Å². The van der Waals surface area contributed by atoms with Crippen molar-refractivity contribution >= 4 is 0 Å². The van der Waals surface area contributed by atoms with Gasteiger partial charge < -0.3 is 0 Å². The number of nitrogens with one attached hydrogen (secondary N) is 1. The third-order valence-corrected chi connectivity index (χ3v) is 1.36. The summed E-state index contributed by atoms with van der Waals surface area (Å²) in [6.45, 7) is 4.17. The Morgan fingerprint density at radius 1 is 1.67 bits per heavy atom. The first-order chi connectivity index (χ1) is 4.22. The van der Waals surface area contributed by atoms with Crippen LogP contribution in [0.3, 0.4) is 0 Å². The molecule has 0 spiro atoms. The van der Waals surface area contributed by atoms with Crippen molar-refractivity contribution in [3.63, 3.8) is 0 Å². The first-order valence-electron chi connectivity index (χ1n) is 3.12. The summed E-state index contributed by atoms with van der Waals surface area (Å²) in [7, 11) is 0. The highest BCUT2D eigenvalue weighted by Gasteiger charge is 2.07. The molecular formula is C7H14N2. The Morgan fingerprint density at radius 3 is 2.33 bits per heavy atom. The molecule has 0 aromatic rings. The van der Waals surface area contributed by atoms with Crippen molar-refractivity contribution in [2.24, 2.45) is 11.8 Å². The van der Waals surface area contributed by atoms with Crippen LogP contribution in [0.25, 0.3) is 0 Å². The van der Waals surface area contributed by atoms with Gasteiger partial charge in [-0.05, 0) is 5.92 Å². The second-order valence-corrected chi connectivity index (χ2v) is 2.43. The van der Waals surface area contributed by atoms with Crippen LogP contribution < -0.4 is 11.3 Å². The lowest BCUT2D eigenvalue weighted by Gasteiger charge is -2.15. The maximum atomic E-state index is 5.21. The van der Waals surface area contributed by atoms with Crippen LogP contribution in [-0.4, -0.2) is 6.04 Å². The van der Waals surface area contributed by atoms with E-state index < -0.39 is 0 Å². The number of terminal acetylenes is 1. The van der Waals surface area contributed by atoms with Crippen LogP contribution in [0.1, 0.15) is 20.3 Å². The van der Waals surface area contributed by atoms with Gasteiger partial charge in [0.25, 0.3) is 0 Å². The normalized spacial score (nSPS) is 13.2. The van der Waals surface area contributed by atoms with E-state index in [2.05, 4.69) is 25.2 Å². The summed E-state index contributed by atoms with van der Waals surface area (Å²) >= 11 is 0. The molecule has 0 aliphatic carbocycles. The summed E-state index contributed by atoms with van der Waals surface area (Å²) in [6, 6.07) is 0.259. The van der Waals surface area contributed by atoms with Crippen LogP contribution in [0, 0.1) is 18.3 Å². The minimum Gasteiger partial charge on any atom is -0.271 e. The van der Waals surface area contributed by atoms with Crippen LogP contribution in [-0.2, 0) is 0 Å². The fraction of sp³-hybridized carbons (Fsp3) is 0.714. The lowest BCUT2D eigenvalue weighted by Crippen LogP contribution is -2.38. The standard InChI is InChI=1S/C7H14N2/c1-4-5-7(9-8)6(2)3/h1,6-7,9H,5,8H2,2-3H3. The summed E-state index contributed by atoms with van der Waals surface area (Å²) in [4.78, 5) is 0. The molecule has 0 aliphatic rings. The molecule has 2 nitrogen and oxygen atoms in total. The number of hydrogen-bond donors (Lipinski definition) is 2. The Hall–Kier alpha value is -0.520. The van der Waals surface area contributed by atoms with Crippen molar-refractivity contribution in [2.75, 3.05) is 0 Å². The van der Waals surface area contributed by atoms with Gasteiger partial charge in [0.05, 0.1) is 0 Å². The topological polar surface area (TPSA) is 38.0 Å². The largest absolute Gasteiger partial charge is 0.271 e. The van der Waals surface area contributed by atoms with Gasteiger partial charge in [-0.3, -0.25) is 11.3 Å². The molecule has 1 unspecified atom stereocenters. The Balaban J connectivity index is 3.57. The van der Waals surface area contributed by atoms with Gasteiger partial charge in [-0.15, -0.1) is 12.3 Å². The van der Waals surface area contributed by atoms with Crippen molar-refractivity contribution in [3.8, 4) is 12.3 Å². The Morgan fingerprint density at radius 2 is 2.22 bits per heavy atom. The molecule has 0 heterocycles. The van der Waals surface area contributed by atoms with Crippen LogP contribution in [0.2, 0.25) is 0 Å². The van der Waals surface area contributed by atoms with E-state index in [1.807, 2.05) is 0 Å². The molecule has 1 atom stereocenters. The van der Waals surface area contributed by atoms with Gasteiger partial charge in [0.1, 0.15) is 0 Å². The monoisotopic (exact) mass is 126 g/mol. The molecule has 2 heteroatoms. The number of hydrazine groups is 1. The second-order valence-electron chi connectivity index (χ2n) is 2.43. The van der Waals surface area contributed by atoms with Crippen LogP contribution in [0.5, 0.6) is 0 Å². The zero-order valence-corrected chi connectivity index (χ0v) is 6.02. The fourth-order valence-corrected chi connectivity index (χ4v) is 0.614. The Bertz CT molecular complexity index is 102. The quantitative estimate of drug-likeness (QED) is 0.328. The first-order valence-corrected chi connectivity index (χ1v) is 3.12. The van der Waals surface area contributed by atoms with E-state index >= 15 is 0 Å². The van der Waals surface area contributed by atoms with E-state index in [0.717, 1.165) is 0 Å². The maximum absolute atomic E-state index is 5.21. The lowest BCUT2D eigenvalue weighted by atomic mass is 10.0. The summed E-state index contributed by atoms with van der Waals surface area (Å²) < 4.78 is 0. The van der Waals surface area contributed by atoms with Gasteiger partial charge in [0.15, 0.2) is 0 Å². The minimum absolute atomic E-state index is 0.259. The van der Waals surface area contributed by atoms with Gasteiger partial charge in [0, 0.05) is 12.5 Å². The fourth-order valence-electron chi connectivity index (χ4n) is 0.614. The zero-order valence-electron chi connectivity index (χ0n) is 6.02. The van der Waals surface area contributed by atoms with E-state index in [0.29, 0.717) is 12.3 Å². The van der Waals surface area contributed by atoms with E-state index in [9.17, 15) is 0 Å². The van der Waals surface area contributed by atoms with Gasteiger partial charge in [-0.25, -0.2) is 0 Å². The molecule has 0 amide bonds. The molecular weight excluding hydrogens is 112 g/mol. The second kappa shape index (κ2) is 4.37. The maximum Gasteiger partial charge on any atom is 0.0342 e. The molecule has 0 aliphatic heterocycles.